The Morgan fingerprint density at radius 1 is 1.03 bits per heavy atom. The third-order valence-electron chi connectivity index (χ3n) is 4.88. The van der Waals surface area contributed by atoms with Crippen LogP contribution in [0.15, 0.2) is 41.3 Å². The van der Waals surface area contributed by atoms with Gasteiger partial charge >= 0.3 is 0 Å². The van der Waals surface area contributed by atoms with Gasteiger partial charge in [-0.2, -0.15) is 0 Å². The summed E-state index contributed by atoms with van der Waals surface area (Å²) in [6.45, 7) is 9.98. The van der Waals surface area contributed by atoms with Crippen molar-refractivity contribution in [2.45, 2.75) is 44.3 Å². The molecule has 6 heteroatoms. The Balaban J connectivity index is 1.85. The molecule has 0 aliphatic rings. The van der Waals surface area contributed by atoms with Gasteiger partial charge in [-0.3, -0.25) is 9.69 Å². The highest BCUT2D eigenvalue weighted by molar-refractivity contribution is 7.99. The zero-order valence-corrected chi connectivity index (χ0v) is 20.4. The van der Waals surface area contributed by atoms with Crippen molar-refractivity contribution < 1.29 is 4.79 Å². The van der Waals surface area contributed by atoms with E-state index in [4.69, 9.17) is 4.98 Å². The second-order valence-electron chi connectivity index (χ2n) is 8.21. The first kappa shape index (κ1) is 22.8. The van der Waals surface area contributed by atoms with E-state index in [1.807, 2.05) is 30.8 Å². The summed E-state index contributed by atoms with van der Waals surface area (Å²) in [6.07, 6.45) is 0.383. The van der Waals surface area contributed by atoms with Crippen LogP contribution in [0.25, 0.3) is 10.2 Å². The predicted molar refractivity (Wildman–Crippen MR) is 131 cm³/mol. The minimum Gasteiger partial charge on any atom is -0.308 e. The van der Waals surface area contributed by atoms with E-state index in [0.717, 1.165) is 28.3 Å². The second kappa shape index (κ2) is 9.94. The second-order valence-corrected chi connectivity index (χ2v) is 10.8. The predicted octanol–water partition coefficient (Wildman–Crippen LogP) is 5.55. The van der Waals surface area contributed by atoms with Gasteiger partial charge in [0.25, 0.3) is 0 Å². The van der Waals surface area contributed by atoms with Crippen LogP contribution < -0.4 is 4.90 Å². The fraction of sp³-hybridized carbons (Fsp3) is 0.417. The van der Waals surface area contributed by atoms with Crippen LogP contribution in [0.2, 0.25) is 0 Å². The first-order valence-electron chi connectivity index (χ1n) is 10.3. The number of nitrogens with zero attached hydrogens (tertiary/aromatic N) is 3. The molecule has 30 heavy (non-hydrogen) atoms. The van der Waals surface area contributed by atoms with Crippen LogP contribution in [0.4, 0.5) is 5.13 Å². The number of likely N-dealkylation sites (N-methyl/N-ethyl adjacent to an activating group) is 1. The first-order chi connectivity index (χ1) is 14.2. The Morgan fingerprint density at radius 3 is 2.30 bits per heavy atom. The molecule has 0 spiro atoms. The Bertz CT molecular complexity index is 970. The molecular weight excluding hydrogens is 410 g/mol. The fourth-order valence-corrected chi connectivity index (χ4v) is 5.21. The molecule has 0 unspecified atom stereocenters. The van der Waals surface area contributed by atoms with Crippen molar-refractivity contribution in [1.29, 1.82) is 0 Å². The van der Waals surface area contributed by atoms with Crippen molar-refractivity contribution in [2.24, 2.45) is 0 Å². The maximum Gasteiger partial charge on any atom is 0.233 e. The third kappa shape index (κ3) is 5.62. The number of benzene rings is 2. The van der Waals surface area contributed by atoms with E-state index in [1.54, 1.807) is 11.3 Å². The molecular formula is C24H31N3OS2. The van der Waals surface area contributed by atoms with Gasteiger partial charge in [0.2, 0.25) is 5.91 Å². The van der Waals surface area contributed by atoms with Crippen molar-refractivity contribution in [3.8, 4) is 0 Å². The van der Waals surface area contributed by atoms with Gasteiger partial charge in [-0.1, -0.05) is 49.4 Å². The van der Waals surface area contributed by atoms with E-state index in [9.17, 15) is 4.79 Å². The maximum atomic E-state index is 13.3. The van der Waals surface area contributed by atoms with Gasteiger partial charge in [-0.15, -0.1) is 11.8 Å². The summed E-state index contributed by atoms with van der Waals surface area (Å²) in [6, 6.07) is 12.6. The van der Waals surface area contributed by atoms with E-state index >= 15 is 0 Å². The number of rotatable bonds is 8. The monoisotopic (exact) mass is 441 g/mol. The zero-order chi connectivity index (χ0) is 21.8. The van der Waals surface area contributed by atoms with Crippen molar-refractivity contribution in [2.75, 3.05) is 32.1 Å². The van der Waals surface area contributed by atoms with Gasteiger partial charge in [-0.25, -0.2) is 4.98 Å². The van der Waals surface area contributed by atoms with Gasteiger partial charge < -0.3 is 4.90 Å². The molecule has 4 nitrogen and oxygen atoms in total. The highest BCUT2D eigenvalue weighted by Crippen LogP contribution is 2.33. The number of carbonyl (C=O) groups excluding carboxylic acids is 1. The summed E-state index contributed by atoms with van der Waals surface area (Å²) in [5, 5.41) is 1.34. The Kier molecular flexibility index (Phi) is 7.55. The normalized spacial score (nSPS) is 11.6. The molecule has 3 rings (SSSR count). The molecule has 1 heterocycles. The number of carbonyl (C=O) groups is 1. The maximum absolute atomic E-state index is 13.3. The number of thiazole rings is 1. The number of hydrogen-bond donors (Lipinski definition) is 0. The van der Waals surface area contributed by atoms with E-state index in [2.05, 4.69) is 69.0 Å². The van der Waals surface area contributed by atoms with Crippen LogP contribution in [0, 0.1) is 13.8 Å². The Labute approximate surface area is 188 Å². The van der Waals surface area contributed by atoms with Crippen LogP contribution in [0.3, 0.4) is 0 Å². The lowest BCUT2D eigenvalue weighted by Gasteiger charge is -2.22. The van der Waals surface area contributed by atoms with Gasteiger partial charge in [0.15, 0.2) is 5.13 Å². The standard InChI is InChI=1S/C24H31N3OS2/c1-16(2)29-20-11-9-19(10-12-20)15-21(28)27(14-13-26(5)6)24-25-22-17(3)7-8-18(4)23(22)30-24/h7-12,16H,13-15H2,1-6H3. The lowest BCUT2D eigenvalue weighted by molar-refractivity contribution is -0.118. The molecule has 0 aliphatic heterocycles. The Hall–Kier alpha value is -1.89. The Morgan fingerprint density at radius 2 is 1.70 bits per heavy atom. The van der Waals surface area contributed by atoms with E-state index in [1.165, 1.54) is 15.2 Å². The third-order valence-corrected chi connectivity index (χ3v) is 7.11. The smallest absolute Gasteiger partial charge is 0.233 e. The molecule has 3 aromatic rings. The number of fused-ring (bicyclic) bond motifs is 1. The summed E-state index contributed by atoms with van der Waals surface area (Å²) in [7, 11) is 4.06. The molecule has 1 amide bonds. The number of thioether (sulfide) groups is 1. The van der Waals surface area contributed by atoms with Crippen LogP contribution in [0.5, 0.6) is 0 Å². The fourth-order valence-electron chi connectivity index (χ4n) is 3.22. The molecule has 1 aromatic heterocycles. The molecule has 0 aliphatic carbocycles. The van der Waals surface area contributed by atoms with E-state index in [-0.39, 0.29) is 5.91 Å². The molecule has 2 aromatic carbocycles. The van der Waals surface area contributed by atoms with Gasteiger partial charge in [0, 0.05) is 23.2 Å². The summed E-state index contributed by atoms with van der Waals surface area (Å²) < 4.78 is 1.17. The highest BCUT2D eigenvalue weighted by Gasteiger charge is 2.21. The van der Waals surface area contributed by atoms with Crippen molar-refractivity contribution in [3.05, 3.63) is 53.1 Å². The molecule has 0 saturated heterocycles. The lowest BCUT2D eigenvalue weighted by Crippen LogP contribution is -2.37. The van der Waals surface area contributed by atoms with Gasteiger partial charge in [-0.05, 0) is 56.8 Å². The summed E-state index contributed by atoms with van der Waals surface area (Å²) >= 11 is 3.45. The highest BCUT2D eigenvalue weighted by atomic mass is 32.2. The molecule has 0 N–H and O–H groups in total. The summed E-state index contributed by atoms with van der Waals surface area (Å²) in [5.74, 6) is 0.0930. The molecule has 0 radical (unpaired) electrons. The number of amides is 1. The summed E-state index contributed by atoms with van der Waals surface area (Å²) in [4.78, 5) is 23.4. The molecule has 0 atom stereocenters. The van der Waals surface area contributed by atoms with E-state index < -0.39 is 0 Å². The van der Waals surface area contributed by atoms with Gasteiger partial charge in [0.05, 0.1) is 16.6 Å². The van der Waals surface area contributed by atoms with Gasteiger partial charge in [0.1, 0.15) is 0 Å². The quantitative estimate of drug-likeness (QED) is 0.429. The first-order valence-corrected chi connectivity index (χ1v) is 12.0. The SMILES string of the molecule is Cc1ccc(C)c2sc(N(CCN(C)C)C(=O)Cc3ccc(SC(C)C)cc3)nc12. The van der Waals surface area contributed by atoms with Crippen molar-refractivity contribution >= 4 is 44.4 Å². The minimum atomic E-state index is 0.0930. The van der Waals surface area contributed by atoms with Crippen LogP contribution >= 0.6 is 23.1 Å². The van der Waals surface area contributed by atoms with Crippen LogP contribution in [-0.4, -0.2) is 48.2 Å². The van der Waals surface area contributed by atoms with Crippen LogP contribution in [-0.2, 0) is 11.2 Å². The number of aromatic nitrogens is 1. The number of hydrogen-bond acceptors (Lipinski definition) is 5. The summed E-state index contributed by atoms with van der Waals surface area (Å²) in [5.41, 5.74) is 4.40. The molecule has 0 bridgehead atoms. The van der Waals surface area contributed by atoms with E-state index in [0.29, 0.717) is 18.2 Å². The molecule has 0 saturated carbocycles. The lowest BCUT2D eigenvalue weighted by atomic mass is 10.1. The zero-order valence-electron chi connectivity index (χ0n) is 18.7. The largest absolute Gasteiger partial charge is 0.308 e. The molecule has 0 fully saturated rings. The molecule has 160 valence electrons. The number of anilines is 1. The number of aryl methyl sites for hydroxylation is 2. The minimum absolute atomic E-state index is 0.0930. The average molecular weight is 442 g/mol. The van der Waals surface area contributed by atoms with Crippen molar-refractivity contribution in [1.82, 2.24) is 9.88 Å². The van der Waals surface area contributed by atoms with Crippen LogP contribution in [0.1, 0.15) is 30.5 Å². The topological polar surface area (TPSA) is 36.4 Å². The van der Waals surface area contributed by atoms with Crippen molar-refractivity contribution in [3.63, 3.8) is 0 Å². The average Bonchev–Trinajstić information content (AvgIpc) is 3.12.